The Kier molecular flexibility index (Phi) is 0.798. The predicted molar refractivity (Wildman–Crippen MR) is 44.5 cm³/mol. The lowest BCUT2D eigenvalue weighted by molar-refractivity contribution is 1.29. The summed E-state index contributed by atoms with van der Waals surface area (Å²) in [7, 11) is 0. The van der Waals surface area contributed by atoms with E-state index >= 15 is 0 Å². The zero-order chi connectivity index (χ0) is 8.13. The molecule has 0 spiro atoms. The van der Waals surface area contributed by atoms with Crippen LogP contribution in [0.1, 0.15) is 0 Å². The SMILES string of the molecule is O=c1[nH]c2cnc3cccc1n32. The summed E-state index contributed by atoms with van der Waals surface area (Å²) in [5, 5.41) is 0. The zero-order valence-corrected chi connectivity index (χ0v) is 6.11. The fraction of sp³-hybridized carbons (Fsp3) is 0. The lowest BCUT2D eigenvalue weighted by atomic mass is 10.4. The third kappa shape index (κ3) is 0.492. The van der Waals surface area contributed by atoms with Gasteiger partial charge in [-0.3, -0.25) is 9.20 Å². The van der Waals surface area contributed by atoms with Crippen molar-refractivity contribution >= 4 is 16.8 Å². The average molecular weight is 159 g/mol. The maximum atomic E-state index is 11.2. The molecule has 0 aliphatic heterocycles. The first-order valence-corrected chi connectivity index (χ1v) is 3.64. The van der Waals surface area contributed by atoms with Crippen molar-refractivity contribution in [3.63, 3.8) is 0 Å². The summed E-state index contributed by atoms with van der Waals surface area (Å²) >= 11 is 0. The van der Waals surface area contributed by atoms with E-state index in [-0.39, 0.29) is 5.56 Å². The van der Waals surface area contributed by atoms with Crippen LogP contribution in [0.2, 0.25) is 0 Å². The molecule has 0 aromatic carbocycles. The van der Waals surface area contributed by atoms with E-state index in [4.69, 9.17) is 0 Å². The van der Waals surface area contributed by atoms with Crippen LogP contribution in [0.25, 0.3) is 16.8 Å². The summed E-state index contributed by atoms with van der Waals surface area (Å²) in [6, 6.07) is 5.47. The number of aromatic amines is 1. The molecule has 0 bridgehead atoms. The molecular weight excluding hydrogens is 154 g/mol. The van der Waals surface area contributed by atoms with Crippen molar-refractivity contribution in [2.24, 2.45) is 0 Å². The Labute approximate surface area is 66.8 Å². The molecule has 0 saturated carbocycles. The number of pyridine rings is 1. The second kappa shape index (κ2) is 1.66. The van der Waals surface area contributed by atoms with Gasteiger partial charge < -0.3 is 4.98 Å². The van der Waals surface area contributed by atoms with Crippen molar-refractivity contribution in [2.75, 3.05) is 0 Å². The van der Waals surface area contributed by atoms with Gasteiger partial charge in [-0.2, -0.15) is 0 Å². The van der Waals surface area contributed by atoms with E-state index in [2.05, 4.69) is 9.97 Å². The smallest absolute Gasteiger partial charge is 0.273 e. The standard InChI is InChI=1S/C8H5N3O/c12-8-5-2-1-3-6-9-4-7(10-8)11(5)6/h1-4H,(H,10,12). The van der Waals surface area contributed by atoms with Gasteiger partial charge in [0.1, 0.15) is 16.8 Å². The summed E-state index contributed by atoms with van der Waals surface area (Å²) in [6.07, 6.45) is 1.66. The van der Waals surface area contributed by atoms with E-state index in [9.17, 15) is 4.79 Å². The Bertz CT molecular complexity index is 587. The van der Waals surface area contributed by atoms with Crippen LogP contribution in [-0.4, -0.2) is 14.4 Å². The van der Waals surface area contributed by atoms with E-state index in [1.54, 1.807) is 12.3 Å². The first-order valence-electron chi connectivity index (χ1n) is 3.64. The minimum atomic E-state index is -0.0574. The number of nitrogens with zero attached hydrogens (tertiary/aromatic N) is 2. The van der Waals surface area contributed by atoms with Gasteiger partial charge in [-0.1, -0.05) is 6.07 Å². The molecule has 12 heavy (non-hydrogen) atoms. The summed E-state index contributed by atoms with van der Waals surface area (Å²) in [5.41, 5.74) is 2.16. The molecule has 0 fully saturated rings. The maximum Gasteiger partial charge on any atom is 0.273 e. The van der Waals surface area contributed by atoms with Gasteiger partial charge in [-0.05, 0) is 12.1 Å². The third-order valence-corrected chi connectivity index (χ3v) is 2.00. The highest BCUT2D eigenvalue weighted by molar-refractivity contribution is 5.65. The van der Waals surface area contributed by atoms with Crippen LogP contribution in [-0.2, 0) is 0 Å². The highest BCUT2D eigenvalue weighted by atomic mass is 16.1. The van der Waals surface area contributed by atoms with E-state index in [1.807, 2.05) is 16.5 Å². The monoisotopic (exact) mass is 159 g/mol. The van der Waals surface area contributed by atoms with Crippen molar-refractivity contribution in [3.8, 4) is 0 Å². The van der Waals surface area contributed by atoms with Crippen molar-refractivity contribution in [3.05, 3.63) is 34.7 Å². The number of hydrogen-bond acceptors (Lipinski definition) is 2. The fourth-order valence-corrected chi connectivity index (χ4v) is 1.48. The van der Waals surface area contributed by atoms with Crippen LogP contribution in [0.5, 0.6) is 0 Å². The first-order chi connectivity index (χ1) is 5.86. The molecule has 58 valence electrons. The van der Waals surface area contributed by atoms with E-state index in [1.165, 1.54) is 0 Å². The Hall–Kier alpha value is -1.84. The second-order valence-corrected chi connectivity index (χ2v) is 2.70. The Balaban J connectivity index is 2.87. The van der Waals surface area contributed by atoms with E-state index in [0.29, 0.717) is 5.52 Å². The molecule has 0 amide bonds. The van der Waals surface area contributed by atoms with Crippen LogP contribution in [0, 0.1) is 0 Å². The molecular formula is C8H5N3O. The Morgan fingerprint density at radius 3 is 3.25 bits per heavy atom. The van der Waals surface area contributed by atoms with Gasteiger partial charge in [0.25, 0.3) is 5.56 Å². The van der Waals surface area contributed by atoms with Gasteiger partial charge in [-0.15, -0.1) is 0 Å². The number of nitrogens with one attached hydrogen (secondary N) is 1. The highest BCUT2D eigenvalue weighted by Crippen LogP contribution is 2.09. The first kappa shape index (κ1) is 5.77. The summed E-state index contributed by atoms with van der Waals surface area (Å²) < 4.78 is 1.81. The molecule has 0 saturated heterocycles. The molecule has 4 nitrogen and oxygen atoms in total. The van der Waals surface area contributed by atoms with Crippen LogP contribution in [0.4, 0.5) is 0 Å². The fourth-order valence-electron chi connectivity index (χ4n) is 1.48. The van der Waals surface area contributed by atoms with Crippen molar-refractivity contribution in [1.29, 1.82) is 0 Å². The van der Waals surface area contributed by atoms with Gasteiger partial charge in [0.15, 0.2) is 0 Å². The number of imidazole rings is 2. The molecule has 3 heterocycles. The number of H-pyrrole nitrogens is 1. The molecule has 3 aromatic heterocycles. The minimum absolute atomic E-state index is 0.0574. The molecule has 0 atom stereocenters. The third-order valence-electron chi connectivity index (χ3n) is 2.00. The quantitative estimate of drug-likeness (QED) is 0.522. The van der Waals surface area contributed by atoms with Crippen molar-refractivity contribution in [1.82, 2.24) is 14.4 Å². The lowest BCUT2D eigenvalue weighted by Gasteiger charge is -1.89. The average Bonchev–Trinajstić information content (AvgIpc) is 2.61. The summed E-state index contributed by atoms with van der Waals surface area (Å²) in [5.74, 6) is 0. The maximum absolute atomic E-state index is 11.2. The highest BCUT2D eigenvalue weighted by Gasteiger charge is 2.06. The Morgan fingerprint density at radius 1 is 1.42 bits per heavy atom. The molecule has 3 rings (SSSR count). The largest absolute Gasteiger partial charge is 0.305 e. The normalized spacial score (nSPS) is 11.7. The number of aromatic nitrogens is 3. The van der Waals surface area contributed by atoms with Gasteiger partial charge in [0, 0.05) is 0 Å². The van der Waals surface area contributed by atoms with Gasteiger partial charge >= 0.3 is 0 Å². The van der Waals surface area contributed by atoms with E-state index in [0.717, 1.165) is 11.3 Å². The van der Waals surface area contributed by atoms with E-state index < -0.39 is 0 Å². The predicted octanol–water partition coefficient (Wildman–Crippen LogP) is 0.614. The molecule has 1 N–H and O–H groups in total. The zero-order valence-electron chi connectivity index (χ0n) is 6.11. The van der Waals surface area contributed by atoms with Gasteiger partial charge in [0.2, 0.25) is 0 Å². The van der Waals surface area contributed by atoms with Crippen LogP contribution in [0.3, 0.4) is 0 Å². The molecule has 4 heteroatoms. The lowest BCUT2D eigenvalue weighted by Crippen LogP contribution is -1.98. The molecule has 0 aliphatic rings. The number of rotatable bonds is 0. The molecule has 0 radical (unpaired) electrons. The molecule has 3 aromatic rings. The van der Waals surface area contributed by atoms with Crippen LogP contribution < -0.4 is 5.56 Å². The summed E-state index contributed by atoms with van der Waals surface area (Å²) in [4.78, 5) is 18.1. The topological polar surface area (TPSA) is 50.2 Å². The minimum Gasteiger partial charge on any atom is -0.305 e. The molecule has 0 aliphatic carbocycles. The van der Waals surface area contributed by atoms with Crippen LogP contribution >= 0.6 is 0 Å². The van der Waals surface area contributed by atoms with Crippen molar-refractivity contribution < 1.29 is 0 Å². The van der Waals surface area contributed by atoms with Gasteiger partial charge in [0.05, 0.1) is 6.20 Å². The Morgan fingerprint density at radius 2 is 2.33 bits per heavy atom. The second-order valence-electron chi connectivity index (χ2n) is 2.70. The molecule has 0 unspecified atom stereocenters. The van der Waals surface area contributed by atoms with Crippen molar-refractivity contribution in [2.45, 2.75) is 0 Å². The van der Waals surface area contributed by atoms with Crippen LogP contribution in [0.15, 0.2) is 29.2 Å². The summed E-state index contributed by atoms with van der Waals surface area (Å²) in [6.45, 7) is 0. The number of hydrogen-bond donors (Lipinski definition) is 1. The van der Waals surface area contributed by atoms with Gasteiger partial charge in [-0.25, -0.2) is 4.98 Å².